The summed E-state index contributed by atoms with van der Waals surface area (Å²) in [6.07, 6.45) is 1.29. The molecule has 2 rings (SSSR count). The van der Waals surface area contributed by atoms with Crippen molar-refractivity contribution in [2.24, 2.45) is 0 Å². The second kappa shape index (κ2) is 5.55. The van der Waals surface area contributed by atoms with Gasteiger partial charge in [-0.15, -0.1) is 5.10 Å². The van der Waals surface area contributed by atoms with E-state index in [-0.39, 0.29) is 23.5 Å². The number of halogens is 2. The van der Waals surface area contributed by atoms with Gasteiger partial charge in [0.1, 0.15) is 17.3 Å². The number of aromatic nitrogens is 3. The lowest BCUT2D eigenvalue weighted by Gasteiger charge is -2.10. The SMILES string of the molecule is CC(C)Nc1nncc(Nc2c(F)cccc2F)n1. The third-order valence-corrected chi connectivity index (χ3v) is 2.19. The summed E-state index contributed by atoms with van der Waals surface area (Å²) < 4.78 is 26.9. The standard InChI is InChI=1S/C12H13F2N5/c1-7(2)16-12-18-10(6-15-19-12)17-11-8(13)4-3-5-9(11)14/h3-7H,1-2H3,(H2,16,17,18,19). The Bertz CT molecular complexity index is 554. The van der Waals surface area contributed by atoms with Crippen molar-refractivity contribution in [3.63, 3.8) is 0 Å². The minimum Gasteiger partial charge on any atom is -0.351 e. The van der Waals surface area contributed by atoms with E-state index in [2.05, 4.69) is 25.8 Å². The fraction of sp³-hybridized carbons (Fsp3) is 0.250. The summed E-state index contributed by atoms with van der Waals surface area (Å²) in [5.41, 5.74) is -0.265. The summed E-state index contributed by atoms with van der Waals surface area (Å²) in [6.45, 7) is 3.83. The molecular formula is C12H13F2N5. The lowest BCUT2D eigenvalue weighted by Crippen LogP contribution is -2.13. The molecule has 0 bridgehead atoms. The molecule has 7 heteroatoms. The van der Waals surface area contributed by atoms with Crippen molar-refractivity contribution in [2.75, 3.05) is 10.6 Å². The zero-order valence-electron chi connectivity index (χ0n) is 10.5. The summed E-state index contributed by atoms with van der Waals surface area (Å²) in [6, 6.07) is 3.74. The minimum atomic E-state index is -0.697. The highest BCUT2D eigenvalue weighted by Gasteiger charge is 2.10. The number of nitrogens with zero attached hydrogens (tertiary/aromatic N) is 3. The number of para-hydroxylation sites is 1. The van der Waals surface area contributed by atoms with Crippen molar-refractivity contribution in [1.82, 2.24) is 15.2 Å². The summed E-state index contributed by atoms with van der Waals surface area (Å²) in [7, 11) is 0. The second-order valence-electron chi connectivity index (χ2n) is 4.19. The van der Waals surface area contributed by atoms with Crippen LogP contribution in [0.3, 0.4) is 0 Å². The van der Waals surface area contributed by atoms with Crippen LogP contribution < -0.4 is 10.6 Å². The number of nitrogens with one attached hydrogen (secondary N) is 2. The number of benzene rings is 1. The third kappa shape index (κ3) is 3.34. The summed E-state index contributed by atoms with van der Waals surface area (Å²) >= 11 is 0. The molecule has 0 spiro atoms. The Morgan fingerprint density at radius 3 is 2.47 bits per heavy atom. The van der Waals surface area contributed by atoms with Gasteiger partial charge in [-0.1, -0.05) is 6.07 Å². The number of anilines is 3. The van der Waals surface area contributed by atoms with Crippen LogP contribution in [-0.4, -0.2) is 21.2 Å². The highest BCUT2D eigenvalue weighted by Crippen LogP contribution is 2.21. The maximum atomic E-state index is 13.5. The Labute approximate surface area is 109 Å². The van der Waals surface area contributed by atoms with Gasteiger partial charge in [-0.2, -0.15) is 10.1 Å². The van der Waals surface area contributed by atoms with Crippen LogP contribution in [0.1, 0.15) is 13.8 Å². The van der Waals surface area contributed by atoms with Crippen LogP contribution in [0, 0.1) is 11.6 Å². The molecule has 0 fully saturated rings. The predicted molar refractivity (Wildman–Crippen MR) is 68.2 cm³/mol. The third-order valence-electron chi connectivity index (χ3n) is 2.19. The fourth-order valence-corrected chi connectivity index (χ4v) is 1.43. The van der Waals surface area contributed by atoms with Crippen LogP contribution in [0.25, 0.3) is 0 Å². The van der Waals surface area contributed by atoms with E-state index in [4.69, 9.17) is 0 Å². The number of hydrogen-bond donors (Lipinski definition) is 2. The second-order valence-corrected chi connectivity index (χ2v) is 4.19. The van der Waals surface area contributed by atoms with E-state index in [0.717, 1.165) is 12.1 Å². The molecule has 1 aromatic carbocycles. The van der Waals surface area contributed by atoms with E-state index < -0.39 is 11.6 Å². The lowest BCUT2D eigenvalue weighted by atomic mass is 10.3. The normalized spacial score (nSPS) is 10.6. The Morgan fingerprint density at radius 2 is 1.84 bits per heavy atom. The first-order valence-corrected chi connectivity index (χ1v) is 5.73. The van der Waals surface area contributed by atoms with Gasteiger partial charge in [0.05, 0.1) is 6.20 Å². The zero-order chi connectivity index (χ0) is 13.8. The van der Waals surface area contributed by atoms with Crippen LogP contribution in [0.15, 0.2) is 24.4 Å². The van der Waals surface area contributed by atoms with E-state index in [9.17, 15) is 8.78 Å². The van der Waals surface area contributed by atoms with Crippen LogP contribution in [0.4, 0.5) is 26.2 Å². The summed E-state index contributed by atoms with van der Waals surface area (Å²) in [5, 5.41) is 13.0. The first-order chi connectivity index (χ1) is 9.06. The lowest BCUT2D eigenvalue weighted by molar-refractivity contribution is 0.590. The van der Waals surface area contributed by atoms with Crippen LogP contribution in [-0.2, 0) is 0 Å². The Kier molecular flexibility index (Phi) is 3.84. The molecule has 19 heavy (non-hydrogen) atoms. The van der Waals surface area contributed by atoms with Crippen molar-refractivity contribution in [3.8, 4) is 0 Å². The van der Waals surface area contributed by atoms with E-state index in [1.165, 1.54) is 12.3 Å². The molecule has 0 radical (unpaired) electrons. The predicted octanol–water partition coefficient (Wildman–Crippen LogP) is 2.71. The monoisotopic (exact) mass is 265 g/mol. The Hall–Kier alpha value is -2.31. The zero-order valence-corrected chi connectivity index (χ0v) is 10.5. The van der Waals surface area contributed by atoms with Gasteiger partial charge in [0.2, 0.25) is 5.95 Å². The van der Waals surface area contributed by atoms with Crippen molar-refractivity contribution in [1.29, 1.82) is 0 Å². The van der Waals surface area contributed by atoms with Gasteiger partial charge >= 0.3 is 0 Å². The maximum absolute atomic E-state index is 13.5. The number of rotatable bonds is 4. The van der Waals surface area contributed by atoms with Gasteiger partial charge in [-0.05, 0) is 26.0 Å². The van der Waals surface area contributed by atoms with Crippen LogP contribution in [0.5, 0.6) is 0 Å². The molecule has 0 aliphatic carbocycles. The van der Waals surface area contributed by atoms with E-state index >= 15 is 0 Å². The van der Waals surface area contributed by atoms with Crippen molar-refractivity contribution in [3.05, 3.63) is 36.0 Å². The topological polar surface area (TPSA) is 62.7 Å². The van der Waals surface area contributed by atoms with Gasteiger partial charge in [-0.3, -0.25) is 0 Å². The molecule has 0 amide bonds. The average Bonchev–Trinajstić information content (AvgIpc) is 2.34. The van der Waals surface area contributed by atoms with Crippen LogP contribution >= 0.6 is 0 Å². The average molecular weight is 265 g/mol. The van der Waals surface area contributed by atoms with Gasteiger partial charge < -0.3 is 10.6 Å². The maximum Gasteiger partial charge on any atom is 0.244 e. The molecule has 0 atom stereocenters. The molecule has 0 aliphatic rings. The van der Waals surface area contributed by atoms with Gasteiger partial charge in [0.15, 0.2) is 5.82 Å². The van der Waals surface area contributed by atoms with Crippen molar-refractivity contribution >= 4 is 17.5 Å². The highest BCUT2D eigenvalue weighted by atomic mass is 19.1. The Balaban J connectivity index is 2.24. The molecule has 1 heterocycles. The van der Waals surface area contributed by atoms with Gasteiger partial charge in [0.25, 0.3) is 0 Å². The molecule has 0 saturated heterocycles. The quantitative estimate of drug-likeness (QED) is 0.890. The van der Waals surface area contributed by atoms with Crippen LogP contribution in [0.2, 0.25) is 0 Å². The van der Waals surface area contributed by atoms with E-state index in [1.54, 1.807) is 0 Å². The molecule has 5 nitrogen and oxygen atoms in total. The summed E-state index contributed by atoms with van der Waals surface area (Å²) in [5.74, 6) is -0.896. The van der Waals surface area contributed by atoms with Crippen molar-refractivity contribution in [2.45, 2.75) is 19.9 Å². The number of hydrogen-bond acceptors (Lipinski definition) is 5. The molecule has 0 saturated carbocycles. The molecule has 2 N–H and O–H groups in total. The van der Waals surface area contributed by atoms with E-state index in [0.29, 0.717) is 0 Å². The van der Waals surface area contributed by atoms with E-state index in [1.807, 2.05) is 13.8 Å². The fourth-order valence-electron chi connectivity index (χ4n) is 1.43. The smallest absolute Gasteiger partial charge is 0.244 e. The molecule has 1 aromatic heterocycles. The molecule has 0 aliphatic heterocycles. The summed E-state index contributed by atoms with van der Waals surface area (Å²) in [4.78, 5) is 4.06. The molecule has 100 valence electrons. The molecule has 2 aromatic rings. The largest absolute Gasteiger partial charge is 0.351 e. The first-order valence-electron chi connectivity index (χ1n) is 5.73. The minimum absolute atomic E-state index is 0.127. The van der Waals surface area contributed by atoms with Gasteiger partial charge in [0, 0.05) is 6.04 Å². The van der Waals surface area contributed by atoms with Crippen molar-refractivity contribution < 1.29 is 8.78 Å². The Morgan fingerprint density at radius 1 is 1.16 bits per heavy atom. The molecular weight excluding hydrogens is 252 g/mol. The van der Waals surface area contributed by atoms with Gasteiger partial charge in [-0.25, -0.2) is 8.78 Å². The first kappa shape index (κ1) is 13.1. The molecule has 0 unspecified atom stereocenters. The highest BCUT2D eigenvalue weighted by molar-refractivity contribution is 5.57.